The van der Waals surface area contributed by atoms with E-state index in [1.54, 1.807) is 0 Å². The van der Waals surface area contributed by atoms with E-state index in [1.807, 2.05) is 44.2 Å². The Morgan fingerprint density at radius 2 is 1.95 bits per heavy atom. The summed E-state index contributed by atoms with van der Waals surface area (Å²) < 4.78 is 5.07. The highest BCUT2D eigenvalue weighted by molar-refractivity contribution is 6.00. The first-order valence-electron chi connectivity index (χ1n) is 7.83. The van der Waals surface area contributed by atoms with Gasteiger partial charge in [0.25, 0.3) is 0 Å². The van der Waals surface area contributed by atoms with Crippen molar-refractivity contribution in [3.8, 4) is 0 Å². The predicted octanol–water partition coefficient (Wildman–Crippen LogP) is 4.02. The number of benzene rings is 1. The van der Waals surface area contributed by atoms with Crippen LogP contribution in [0.15, 0.2) is 30.3 Å². The van der Waals surface area contributed by atoms with Gasteiger partial charge in [-0.05, 0) is 25.7 Å². The van der Waals surface area contributed by atoms with Gasteiger partial charge in [-0.25, -0.2) is 0 Å². The second-order valence-electron chi connectivity index (χ2n) is 6.06. The van der Waals surface area contributed by atoms with E-state index < -0.39 is 5.41 Å². The Bertz CT molecular complexity index is 494. The zero-order valence-corrected chi connectivity index (χ0v) is 12.9. The van der Waals surface area contributed by atoms with Gasteiger partial charge < -0.3 is 4.74 Å². The summed E-state index contributed by atoms with van der Waals surface area (Å²) in [6.07, 6.45) is 4.26. The van der Waals surface area contributed by atoms with Crippen molar-refractivity contribution in [1.29, 1.82) is 0 Å². The fourth-order valence-corrected chi connectivity index (χ4v) is 3.37. The lowest BCUT2D eigenvalue weighted by Gasteiger charge is -2.40. The Kier molecular flexibility index (Phi) is 5.16. The largest absolute Gasteiger partial charge is 0.466 e. The Morgan fingerprint density at radius 1 is 1.24 bits per heavy atom. The summed E-state index contributed by atoms with van der Waals surface area (Å²) in [6, 6.07) is 9.42. The highest BCUT2D eigenvalue weighted by Crippen LogP contribution is 2.45. The number of hydrogen-bond acceptors (Lipinski definition) is 3. The third-order valence-electron chi connectivity index (χ3n) is 4.67. The number of esters is 1. The van der Waals surface area contributed by atoms with Crippen LogP contribution in [0.2, 0.25) is 0 Å². The van der Waals surface area contributed by atoms with Crippen LogP contribution >= 0.6 is 0 Å². The number of rotatable bonds is 5. The summed E-state index contributed by atoms with van der Waals surface area (Å²) in [5.74, 6) is 0.0617. The zero-order chi connectivity index (χ0) is 15.3. The average Bonchev–Trinajstić information content (AvgIpc) is 2.50. The summed E-state index contributed by atoms with van der Waals surface area (Å²) in [7, 11) is 0. The second-order valence-corrected chi connectivity index (χ2v) is 6.06. The normalized spacial score (nSPS) is 25.3. The number of ketones is 1. The van der Waals surface area contributed by atoms with Gasteiger partial charge >= 0.3 is 5.97 Å². The molecular weight excluding hydrogens is 264 g/mol. The molecule has 1 aromatic carbocycles. The van der Waals surface area contributed by atoms with E-state index in [9.17, 15) is 9.59 Å². The lowest BCUT2D eigenvalue weighted by molar-refractivity contribution is -0.145. The third-order valence-corrected chi connectivity index (χ3v) is 4.67. The molecule has 2 atom stereocenters. The van der Waals surface area contributed by atoms with Crippen LogP contribution in [-0.2, 0) is 9.53 Å². The smallest absolute Gasteiger partial charge is 0.306 e. The van der Waals surface area contributed by atoms with Crippen molar-refractivity contribution >= 4 is 11.8 Å². The molecule has 114 valence electrons. The van der Waals surface area contributed by atoms with Crippen molar-refractivity contribution in [1.82, 2.24) is 0 Å². The summed E-state index contributed by atoms with van der Waals surface area (Å²) in [5.41, 5.74) is 0.294. The Hall–Kier alpha value is -1.64. The average molecular weight is 288 g/mol. The Balaban J connectivity index is 2.19. The molecule has 0 N–H and O–H groups in total. The molecule has 0 bridgehead atoms. The molecule has 3 nitrogen and oxygen atoms in total. The molecule has 0 heterocycles. The van der Waals surface area contributed by atoms with Crippen LogP contribution < -0.4 is 0 Å². The van der Waals surface area contributed by atoms with Crippen molar-refractivity contribution in [2.75, 3.05) is 6.61 Å². The van der Waals surface area contributed by atoms with E-state index >= 15 is 0 Å². The maximum atomic E-state index is 12.9. The minimum Gasteiger partial charge on any atom is -0.466 e. The van der Waals surface area contributed by atoms with Crippen molar-refractivity contribution < 1.29 is 14.3 Å². The molecule has 2 rings (SSSR count). The van der Waals surface area contributed by atoms with Crippen LogP contribution in [0.3, 0.4) is 0 Å². The van der Waals surface area contributed by atoms with E-state index in [4.69, 9.17) is 4.74 Å². The minimum absolute atomic E-state index is 0.0815. The summed E-state index contributed by atoms with van der Waals surface area (Å²) in [4.78, 5) is 24.7. The van der Waals surface area contributed by atoms with E-state index in [-0.39, 0.29) is 17.7 Å². The molecule has 1 aliphatic carbocycles. The fourth-order valence-electron chi connectivity index (χ4n) is 3.37. The van der Waals surface area contributed by atoms with Gasteiger partial charge in [0.1, 0.15) is 0 Å². The van der Waals surface area contributed by atoms with Gasteiger partial charge in [-0.3, -0.25) is 9.59 Å². The van der Waals surface area contributed by atoms with E-state index in [0.717, 1.165) is 31.2 Å². The van der Waals surface area contributed by atoms with Crippen LogP contribution in [0, 0.1) is 11.3 Å². The van der Waals surface area contributed by atoms with Gasteiger partial charge in [0.05, 0.1) is 6.61 Å². The van der Waals surface area contributed by atoms with Crippen LogP contribution in [0.5, 0.6) is 0 Å². The van der Waals surface area contributed by atoms with Crippen LogP contribution in [0.4, 0.5) is 0 Å². The van der Waals surface area contributed by atoms with Crippen molar-refractivity contribution in [2.45, 2.75) is 46.0 Å². The van der Waals surface area contributed by atoms with E-state index in [0.29, 0.717) is 13.0 Å². The van der Waals surface area contributed by atoms with Crippen LogP contribution in [0.25, 0.3) is 0 Å². The SMILES string of the molecule is CCOC(=O)C[C@@H]1CCCC[C@@]1(C)C(=O)c1ccccc1. The monoisotopic (exact) mass is 288 g/mol. The maximum Gasteiger partial charge on any atom is 0.306 e. The standard InChI is InChI=1S/C18H24O3/c1-3-21-16(19)13-15-11-7-8-12-18(15,2)17(20)14-9-5-4-6-10-14/h4-6,9-10,15H,3,7-8,11-13H2,1-2H3/t15-,18+/m0/s1. The molecule has 0 unspecified atom stereocenters. The minimum atomic E-state index is -0.452. The van der Waals surface area contributed by atoms with Crippen LogP contribution in [0.1, 0.15) is 56.3 Å². The van der Waals surface area contributed by atoms with Crippen LogP contribution in [-0.4, -0.2) is 18.4 Å². The summed E-state index contributed by atoms with van der Waals surface area (Å²) in [6.45, 7) is 4.23. The van der Waals surface area contributed by atoms with Crippen molar-refractivity contribution in [2.24, 2.45) is 11.3 Å². The molecule has 1 fully saturated rings. The van der Waals surface area contributed by atoms with Crippen molar-refractivity contribution in [3.63, 3.8) is 0 Å². The maximum absolute atomic E-state index is 12.9. The fraction of sp³-hybridized carbons (Fsp3) is 0.556. The van der Waals surface area contributed by atoms with Gasteiger partial charge in [-0.15, -0.1) is 0 Å². The van der Waals surface area contributed by atoms with Gasteiger partial charge in [0, 0.05) is 17.4 Å². The lowest BCUT2D eigenvalue weighted by Crippen LogP contribution is -2.40. The molecule has 0 radical (unpaired) electrons. The van der Waals surface area contributed by atoms with Gasteiger partial charge in [0.2, 0.25) is 0 Å². The lowest BCUT2D eigenvalue weighted by atomic mass is 9.63. The molecule has 0 spiro atoms. The summed E-state index contributed by atoms with van der Waals surface area (Å²) >= 11 is 0. The van der Waals surface area contributed by atoms with E-state index in [2.05, 4.69) is 0 Å². The van der Waals surface area contributed by atoms with Gasteiger partial charge in [-0.1, -0.05) is 50.1 Å². The number of ether oxygens (including phenoxy) is 1. The quantitative estimate of drug-likeness (QED) is 0.607. The molecule has 0 amide bonds. The third kappa shape index (κ3) is 3.52. The number of hydrogen-bond donors (Lipinski definition) is 0. The molecule has 3 heteroatoms. The first kappa shape index (κ1) is 15.7. The first-order chi connectivity index (χ1) is 10.1. The number of carbonyl (C=O) groups excluding carboxylic acids is 2. The molecule has 1 aromatic rings. The van der Waals surface area contributed by atoms with Gasteiger partial charge in [-0.2, -0.15) is 0 Å². The van der Waals surface area contributed by atoms with Gasteiger partial charge in [0.15, 0.2) is 5.78 Å². The Morgan fingerprint density at radius 3 is 2.62 bits per heavy atom. The number of carbonyl (C=O) groups is 2. The van der Waals surface area contributed by atoms with Crippen molar-refractivity contribution in [3.05, 3.63) is 35.9 Å². The summed E-state index contributed by atoms with van der Waals surface area (Å²) in [5, 5.41) is 0. The molecule has 1 aliphatic rings. The predicted molar refractivity (Wildman–Crippen MR) is 82.1 cm³/mol. The van der Waals surface area contributed by atoms with E-state index in [1.165, 1.54) is 0 Å². The molecular formula is C18H24O3. The molecule has 1 saturated carbocycles. The highest BCUT2D eigenvalue weighted by atomic mass is 16.5. The highest BCUT2D eigenvalue weighted by Gasteiger charge is 2.43. The first-order valence-corrected chi connectivity index (χ1v) is 7.83. The molecule has 21 heavy (non-hydrogen) atoms. The molecule has 0 saturated heterocycles. The topological polar surface area (TPSA) is 43.4 Å². The second kappa shape index (κ2) is 6.88. The number of Topliss-reactive ketones (excluding diaryl/α,β-unsaturated/α-hetero) is 1. The molecule has 0 aromatic heterocycles. The Labute approximate surface area is 126 Å². The zero-order valence-electron chi connectivity index (χ0n) is 12.9. The molecule has 0 aliphatic heterocycles.